The van der Waals surface area contributed by atoms with E-state index in [2.05, 4.69) is 22.1 Å². The van der Waals surface area contributed by atoms with Crippen LogP contribution in [0.5, 0.6) is 5.75 Å². The van der Waals surface area contributed by atoms with E-state index < -0.39 is 0 Å². The summed E-state index contributed by atoms with van der Waals surface area (Å²) < 4.78 is 5.58. The minimum Gasteiger partial charge on any atom is -0.490 e. The molecular weight excluding hydrogens is 261 g/mol. The van der Waals surface area contributed by atoms with Crippen molar-refractivity contribution >= 4 is 23.2 Å². The second-order valence-electron chi connectivity index (χ2n) is 4.24. The first-order valence-corrected chi connectivity index (χ1v) is 6.44. The molecule has 6 heteroatoms. The Morgan fingerprint density at radius 1 is 1.47 bits per heavy atom. The van der Waals surface area contributed by atoms with Crippen LogP contribution in [0.2, 0.25) is 10.3 Å². The van der Waals surface area contributed by atoms with Crippen LogP contribution in [0.1, 0.15) is 19.3 Å². The van der Waals surface area contributed by atoms with Crippen molar-refractivity contribution in [2.24, 2.45) is 0 Å². The summed E-state index contributed by atoms with van der Waals surface area (Å²) in [6.45, 7) is 1.80. The summed E-state index contributed by atoms with van der Waals surface area (Å²) in [5.41, 5.74) is 0. The average molecular weight is 276 g/mol. The fourth-order valence-corrected chi connectivity index (χ4v) is 2.37. The summed E-state index contributed by atoms with van der Waals surface area (Å²) in [6, 6.07) is 2.20. The first-order chi connectivity index (χ1) is 8.16. The van der Waals surface area contributed by atoms with Gasteiger partial charge in [0, 0.05) is 12.1 Å². The molecular formula is C11H15Cl2N3O. The molecule has 94 valence electrons. The van der Waals surface area contributed by atoms with Crippen LogP contribution >= 0.6 is 23.2 Å². The first-order valence-electron chi connectivity index (χ1n) is 5.68. The van der Waals surface area contributed by atoms with Crippen LogP contribution in [-0.2, 0) is 0 Å². The van der Waals surface area contributed by atoms with Gasteiger partial charge in [0.1, 0.15) is 0 Å². The molecule has 1 unspecified atom stereocenters. The van der Waals surface area contributed by atoms with E-state index in [0.717, 1.165) is 6.42 Å². The maximum Gasteiger partial charge on any atom is 0.193 e. The molecule has 0 spiro atoms. The molecule has 1 aromatic rings. The SMILES string of the molecule is CN1CCCC1CCOc1cc(Cl)nnc1Cl. The molecule has 0 N–H and O–H groups in total. The molecule has 0 aliphatic carbocycles. The quantitative estimate of drug-likeness (QED) is 0.847. The summed E-state index contributed by atoms with van der Waals surface area (Å²) in [5.74, 6) is 0.507. The molecule has 1 aromatic heterocycles. The van der Waals surface area contributed by atoms with Gasteiger partial charge in [-0.1, -0.05) is 23.2 Å². The van der Waals surface area contributed by atoms with Crippen molar-refractivity contribution in [3.63, 3.8) is 0 Å². The van der Waals surface area contributed by atoms with E-state index >= 15 is 0 Å². The van der Waals surface area contributed by atoms with Gasteiger partial charge < -0.3 is 9.64 Å². The molecule has 2 heterocycles. The Labute approximate surface area is 111 Å². The smallest absolute Gasteiger partial charge is 0.193 e. The predicted molar refractivity (Wildman–Crippen MR) is 67.8 cm³/mol. The molecule has 1 aliphatic rings. The van der Waals surface area contributed by atoms with Gasteiger partial charge in [-0.25, -0.2) is 0 Å². The van der Waals surface area contributed by atoms with Crippen molar-refractivity contribution in [2.45, 2.75) is 25.3 Å². The number of halogens is 2. The van der Waals surface area contributed by atoms with Gasteiger partial charge in [0.15, 0.2) is 16.1 Å². The highest BCUT2D eigenvalue weighted by Crippen LogP contribution is 2.24. The Morgan fingerprint density at radius 3 is 3.00 bits per heavy atom. The summed E-state index contributed by atoms with van der Waals surface area (Å²) in [7, 11) is 2.15. The zero-order valence-corrected chi connectivity index (χ0v) is 11.2. The van der Waals surface area contributed by atoms with Crippen LogP contribution in [0.3, 0.4) is 0 Å². The first kappa shape index (κ1) is 12.9. The monoisotopic (exact) mass is 275 g/mol. The van der Waals surface area contributed by atoms with Crippen molar-refractivity contribution in [1.82, 2.24) is 15.1 Å². The third-order valence-corrected chi connectivity index (χ3v) is 3.51. The lowest BCUT2D eigenvalue weighted by atomic mass is 10.1. The minimum atomic E-state index is 0.258. The lowest BCUT2D eigenvalue weighted by Gasteiger charge is -2.19. The van der Waals surface area contributed by atoms with Gasteiger partial charge >= 0.3 is 0 Å². The predicted octanol–water partition coefficient (Wildman–Crippen LogP) is 2.65. The lowest BCUT2D eigenvalue weighted by Crippen LogP contribution is -2.26. The standard InChI is InChI=1S/C11H15Cl2N3O/c1-16-5-2-3-8(16)4-6-17-9-7-10(12)14-15-11(9)13/h7-8H,2-6H2,1H3. The maximum absolute atomic E-state index is 5.85. The van der Waals surface area contributed by atoms with Gasteiger partial charge in [0.05, 0.1) is 6.61 Å². The van der Waals surface area contributed by atoms with Gasteiger partial charge in [0.25, 0.3) is 0 Å². The molecule has 1 aliphatic heterocycles. The number of hydrogen-bond acceptors (Lipinski definition) is 4. The van der Waals surface area contributed by atoms with Crippen LogP contribution in [0.15, 0.2) is 6.07 Å². The van der Waals surface area contributed by atoms with E-state index in [4.69, 9.17) is 27.9 Å². The number of aromatic nitrogens is 2. The summed E-state index contributed by atoms with van der Waals surface area (Å²) >= 11 is 11.6. The molecule has 1 fully saturated rings. The van der Waals surface area contributed by atoms with Gasteiger partial charge in [-0.2, -0.15) is 0 Å². The van der Waals surface area contributed by atoms with Gasteiger partial charge in [-0.15, -0.1) is 10.2 Å². The maximum atomic E-state index is 5.85. The van der Waals surface area contributed by atoms with Crippen LogP contribution < -0.4 is 4.74 Å². The Morgan fingerprint density at radius 2 is 2.29 bits per heavy atom. The number of nitrogens with zero attached hydrogens (tertiary/aromatic N) is 3. The largest absolute Gasteiger partial charge is 0.490 e. The molecule has 0 aromatic carbocycles. The number of likely N-dealkylation sites (tertiary alicyclic amines) is 1. The van der Waals surface area contributed by atoms with Crippen LogP contribution in [0, 0.1) is 0 Å². The molecule has 1 saturated heterocycles. The highest BCUT2D eigenvalue weighted by molar-refractivity contribution is 6.32. The third-order valence-electron chi connectivity index (χ3n) is 3.07. The van der Waals surface area contributed by atoms with E-state index in [9.17, 15) is 0 Å². The van der Waals surface area contributed by atoms with Crippen LogP contribution in [-0.4, -0.2) is 41.3 Å². The number of hydrogen-bond donors (Lipinski definition) is 0. The second-order valence-corrected chi connectivity index (χ2v) is 4.98. The van der Waals surface area contributed by atoms with Crippen molar-refractivity contribution in [3.8, 4) is 5.75 Å². The zero-order valence-electron chi connectivity index (χ0n) is 9.70. The molecule has 0 radical (unpaired) electrons. The summed E-state index contributed by atoms with van der Waals surface area (Å²) in [6.07, 6.45) is 3.50. The topological polar surface area (TPSA) is 38.2 Å². The fourth-order valence-electron chi connectivity index (χ4n) is 2.09. The highest BCUT2D eigenvalue weighted by atomic mass is 35.5. The Kier molecular flexibility index (Phi) is 4.42. The Bertz CT molecular complexity index is 389. The van der Waals surface area contributed by atoms with Crippen molar-refractivity contribution in [2.75, 3.05) is 20.2 Å². The lowest BCUT2D eigenvalue weighted by molar-refractivity contribution is 0.233. The highest BCUT2D eigenvalue weighted by Gasteiger charge is 2.20. The molecule has 1 atom stereocenters. The summed E-state index contributed by atoms with van der Waals surface area (Å²) in [4.78, 5) is 2.36. The van der Waals surface area contributed by atoms with Crippen molar-refractivity contribution in [1.29, 1.82) is 0 Å². The normalized spacial score (nSPS) is 20.8. The molecule has 0 bridgehead atoms. The van der Waals surface area contributed by atoms with Gasteiger partial charge in [0.2, 0.25) is 0 Å². The van der Waals surface area contributed by atoms with E-state index in [1.807, 2.05) is 0 Å². The van der Waals surface area contributed by atoms with Crippen LogP contribution in [0.4, 0.5) is 0 Å². The van der Waals surface area contributed by atoms with Crippen LogP contribution in [0.25, 0.3) is 0 Å². The van der Waals surface area contributed by atoms with Gasteiger partial charge in [-0.3, -0.25) is 0 Å². The number of rotatable bonds is 4. The second kappa shape index (κ2) is 5.85. The van der Waals surface area contributed by atoms with E-state index in [1.54, 1.807) is 6.07 Å². The molecule has 0 amide bonds. The number of ether oxygens (including phenoxy) is 1. The molecule has 2 rings (SSSR count). The minimum absolute atomic E-state index is 0.258. The van der Waals surface area contributed by atoms with E-state index in [1.165, 1.54) is 19.4 Å². The van der Waals surface area contributed by atoms with Crippen molar-refractivity contribution in [3.05, 3.63) is 16.4 Å². The average Bonchev–Trinajstić information content (AvgIpc) is 2.70. The fraction of sp³-hybridized carbons (Fsp3) is 0.636. The molecule has 4 nitrogen and oxygen atoms in total. The molecule has 0 saturated carbocycles. The Hall–Kier alpha value is -0.580. The third kappa shape index (κ3) is 3.44. The molecule has 17 heavy (non-hydrogen) atoms. The Balaban J connectivity index is 1.83. The van der Waals surface area contributed by atoms with Gasteiger partial charge in [-0.05, 0) is 32.9 Å². The van der Waals surface area contributed by atoms with E-state index in [0.29, 0.717) is 23.6 Å². The summed E-state index contributed by atoms with van der Waals surface area (Å²) in [5, 5.41) is 7.88. The van der Waals surface area contributed by atoms with Crippen molar-refractivity contribution < 1.29 is 4.74 Å². The van der Waals surface area contributed by atoms with E-state index in [-0.39, 0.29) is 5.15 Å². The zero-order chi connectivity index (χ0) is 12.3.